The molecular weight excluding hydrogens is 212 g/mol. The van der Waals surface area contributed by atoms with Crippen LogP contribution in [0.3, 0.4) is 0 Å². The van der Waals surface area contributed by atoms with Gasteiger partial charge in [-0.1, -0.05) is 25.1 Å². The van der Waals surface area contributed by atoms with E-state index in [-0.39, 0.29) is 5.91 Å². The van der Waals surface area contributed by atoms with Crippen LogP contribution in [0.15, 0.2) is 18.2 Å². The molecule has 1 aromatic rings. The molecule has 0 aliphatic rings. The van der Waals surface area contributed by atoms with E-state index in [1.807, 2.05) is 14.0 Å². The molecule has 1 aromatic carbocycles. The average Bonchev–Trinajstić information content (AvgIpc) is 2.30. The van der Waals surface area contributed by atoms with Crippen molar-refractivity contribution in [1.82, 2.24) is 10.2 Å². The van der Waals surface area contributed by atoms with E-state index in [0.29, 0.717) is 13.1 Å². The van der Waals surface area contributed by atoms with Crippen molar-refractivity contribution >= 4 is 5.91 Å². The first kappa shape index (κ1) is 13.7. The molecule has 0 radical (unpaired) electrons. The summed E-state index contributed by atoms with van der Waals surface area (Å²) < 4.78 is 0. The third kappa shape index (κ3) is 4.19. The zero-order valence-corrected chi connectivity index (χ0v) is 11.2. The Morgan fingerprint density at radius 1 is 1.29 bits per heavy atom. The number of nitrogens with zero attached hydrogens (tertiary/aromatic N) is 1. The van der Waals surface area contributed by atoms with Crippen molar-refractivity contribution in [2.45, 2.75) is 27.3 Å². The molecule has 1 N–H and O–H groups in total. The molecule has 0 aliphatic heterocycles. The second-order valence-electron chi connectivity index (χ2n) is 4.45. The fourth-order valence-corrected chi connectivity index (χ4v) is 1.63. The number of amides is 1. The third-order valence-electron chi connectivity index (χ3n) is 2.94. The Bertz CT molecular complexity index is 388. The Morgan fingerprint density at radius 2 is 2.00 bits per heavy atom. The molecule has 0 atom stereocenters. The SMILES string of the molecule is CCNCC(=O)N(C)Cc1ccc(C)c(C)c1. The van der Waals surface area contributed by atoms with Gasteiger partial charge < -0.3 is 10.2 Å². The van der Waals surface area contributed by atoms with Gasteiger partial charge in [-0.15, -0.1) is 0 Å². The van der Waals surface area contributed by atoms with Gasteiger partial charge >= 0.3 is 0 Å². The Balaban J connectivity index is 2.58. The molecule has 0 saturated heterocycles. The molecule has 0 aromatic heterocycles. The maximum atomic E-state index is 11.7. The normalized spacial score (nSPS) is 10.4. The summed E-state index contributed by atoms with van der Waals surface area (Å²) in [6.07, 6.45) is 0. The average molecular weight is 234 g/mol. The van der Waals surface area contributed by atoms with E-state index in [2.05, 4.69) is 37.4 Å². The Morgan fingerprint density at radius 3 is 2.59 bits per heavy atom. The van der Waals surface area contributed by atoms with E-state index < -0.39 is 0 Å². The van der Waals surface area contributed by atoms with Crippen molar-refractivity contribution in [2.75, 3.05) is 20.1 Å². The highest BCUT2D eigenvalue weighted by Gasteiger charge is 2.08. The van der Waals surface area contributed by atoms with Gasteiger partial charge in [0.15, 0.2) is 0 Å². The number of aryl methyl sites for hydroxylation is 2. The van der Waals surface area contributed by atoms with Gasteiger partial charge in [-0.25, -0.2) is 0 Å². The lowest BCUT2D eigenvalue weighted by Gasteiger charge is -2.18. The molecular formula is C14H22N2O. The van der Waals surface area contributed by atoms with Gasteiger partial charge in [-0.2, -0.15) is 0 Å². The van der Waals surface area contributed by atoms with Crippen LogP contribution in [-0.2, 0) is 11.3 Å². The summed E-state index contributed by atoms with van der Waals surface area (Å²) in [7, 11) is 1.84. The lowest BCUT2D eigenvalue weighted by atomic mass is 10.1. The second kappa shape index (κ2) is 6.40. The van der Waals surface area contributed by atoms with Crippen molar-refractivity contribution in [3.63, 3.8) is 0 Å². The second-order valence-corrected chi connectivity index (χ2v) is 4.45. The first-order valence-electron chi connectivity index (χ1n) is 6.05. The fourth-order valence-electron chi connectivity index (χ4n) is 1.63. The summed E-state index contributed by atoms with van der Waals surface area (Å²) in [4.78, 5) is 13.5. The summed E-state index contributed by atoms with van der Waals surface area (Å²) in [6.45, 7) is 8.10. The number of hydrogen-bond donors (Lipinski definition) is 1. The maximum Gasteiger partial charge on any atom is 0.236 e. The van der Waals surface area contributed by atoms with E-state index in [0.717, 1.165) is 6.54 Å². The minimum atomic E-state index is 0.130. The van der Waals surface area contributed by atoms with Crippen molar-refractivity contribution in [3.8, 4) is 0 Å². The van der Waals surface area contributed by atoms with Gasteiger partial charge in [0, 0.05) is 13.6 Å². The first-order valence-corrected chi connectivity index (χ1v) is 6.05. The van der Waals surface area contributed by atoms with Crippen molar-refractivity contribution in [3.05, 3.63) is 34.9 Å². The van der Waals surface area contributed by atoms with E-state index in [9.17, 15) is 4.79 Å². The van der Waals surface area contributed by atoms with Crippen molar-refractivity contribution in [2.24, 2.45) is 0 Å². The molecule has 1 rings (SSSR count). The van der Waals surface area contributed by atoms with E-state index in [4.69, 9.17) is 0 Å². The van der Waals surface area contributed by atoms with Crippen LogP contribution in [0.5, 0.6) is 0 Å². The molecule has 3 heteroatoms. The van der Waals surface area contributed by atoms with Crippen LogP contribution >= 0.6 is 0 Å². The van der Waals surface area contributed by atoms with E-state index in [1.165, 1.54) is 16.7 Å². The summed E-state index contributed by atoms with van der Waals surface area (Å²) in [5.41, 5.74) is 3.74. The number of benzene rings is 1. The topological polar surface area (TPSA) is 32.3 Å². The molecule has 3 nitrogen and oxygen atoms in total. The molecule has 94 valence electrons. The highest BCUT2D eigenvalue weighted by molar-refractivity contribution is 5.77. The van der Waals surface area contributed by atoms with Gasteiger partial charge in [0.1, 0.15) is 0 Å². The highest BCUT2D eigenvalue weighted by Crippen LogP contribution is 2.11. The fraction of sp³-hybridized carbons (Fsp3) is 0.500. The Hall–Kier alpha value is -1.35. The van der Waals surface area contributed by atoms with E-state index in [1.54, 1.807) is 4.90 Å². The van der Waals surface area contributed by atoms with Gasteiger partial charge in [0.2, 0.25) is 5.91 Å². The monoisotopic (exact) mass is 234 g/mol. The quantitative estimate of drug-likeness (QED) is 0.843. The van der Waals surface area contributed by atoms with Crippen molar-refractivity contribution in [1.29, 1.82) is 0 Å². The predicted molar refractivity (Wildman–Crippen MR) is 70.9 cm³/mol. The minimum Gasteiger partial charge on any atom is -0.340 e. The molecule has 0 aliphatic carbocycles. The Kier molecular flexibility index (Phi) is 5.16. The molecule has 0 saturated carbocycles. The number of likely N-dealkylation sites (N-methyl/N-ethyl adjacent to an activating group) is 2. The molecule has 0 fully saturated rings. The summed E-state index contributed by atoms with van der Waals surface area (Å²) in [5.74, 6) is 0.130. The molecule has 17 heavy (non-hydrogen) atoms. The smallest absolute Gasteiger partial charge is 0.236 e. The zero-order valence-electron chi connectivity index (χ0n) is 11.2. The van der Waals surface area contributed by atoms with Crippen LogP contribution < -0.4 is 5.32 Å². The Labute approximate surface area is 104 Å². The standard InChI is InChI=1S/C14H22N2O/c1-5-15-9-14(17)16(4)10-13-7-6-11(2)12(3)8-13/h6-8,15H,5,9-10H2,1-4H3. The molecule has 0 bridgehead atoms. The van der Waals surface area contributed by atoms with Gasteiger partial charge in [0.05, 0.1) is 6.54 Å². The lowest BCUT2D eigenvalue weighted by Crippen LogP contribution is -2.35. The van der Waals surface area contributed by atoms with Gasteiger partial charge in [-0.05, 0) is 37.1 Å². The van der Waals surface area contributed by atoms with E-state index >= 15 is 0 Å². The zero-order chi connectivity index (χ0) is 12.8. The number of nitrogens with one attached hydrogen (secondary N) is 1. The lowest BCUT2D eigenvalue weighted by molar-refractivity contribution is -0.129. The molecule has 0 unspecified atom stereocenters. The summed E-state index contributed by atoms with van der Waals surface area (Å²) in [5, 5.41) is 3.04. The summed E-state index contributed by atoms with van der Waals surface area (Å²) >= 11 is 0. The van der Waals surface area contributed by atoms with Crippen LogP contribution in [0.4, 0.5) is 0 Å². The maximum absolute atomic E-state index is 11.7. The summed E-state index contributed by atoms with van der Waals surface area (Å²) in [6, 6.07) is 6.33. The van der Waals surface area contributed by atoms with Crippen LogP contribution in [0.25, 0.3) is 0 Å². The molecule has 0 heterocycles. The number of carbonyl (C=O) groups is 1. The van der Waals surface area contributed by atoms with Crippen molar-refractivity contribution < 1.29 is 4.79 Å². The molecule has 1 amide bonds. The van der Waals surface area contributed by atoms with Crippen LogP contribution in [0, 0.1) is 13.8 Å². The number of carbonyl (C=O) groups excluding carboxylic acids is 1. The number of hydrogen-bond acceptors (Lipinski definition) is 2. The van der Waals surface area contributed by atoms with Gasteiger partial charge in [-0.3, -0.25) is 4.79 Å². The highest BCUT2D eigenvalue weighted by atomic mass is 16.2. The largest absolute Gasteiger partial charge is 0.340 e. The van der Waals surface area contributed by atoms with Crippen LogP contribution in [0.2, 0.25) is 0 Å². The number of rotatable bonds is 5. The van der Waals surface area contributed by atoms with Gasteiger partial charge in [0.25, 0.3) is 0 Å². The van der Waals surface area contributed by atoms with Crippen LogP contribution in [-0.4, -0.2) is 30.9 Å². The minimum absolute atomic E-state index is 0.130. The first-order chi connectivity index (χ1) is 8.04. The molecule has 0 spiro atoms. The third-order valence-corrected chi connectivity index (χ3v) is 2.94. The predicted octanol–water partition coefficient (Wildman–Crippen LogP) is 1.87. The van der Waals surface area contributed by atoms with Crippen LogP contribution in [0.1, 0.15) is 23.6 Å².